The molecule has 0 aromatic heterocycles. The summed E-state index contributed by atoms with van der Waals surface area (Å²) in [4.78, 5) is 4.67. The summed E-state index contributed by atoms with van der Waals surface area (Å²) in [6.07, 6.45) is 1.22. The molecule has 3 rings (SSSR count). The highest BCUT2D eigenvalue weighted by molar-refractivity contribution is 14.0. The number of hydrogen-bond acceptors (Lipinski definition) is 3. The molecule has 5 nitrogen and oxygen atoms in total. The van der Waals surface area contributed by atoms with Crippen molar-refractivity contribution in [3.63, 3.8) is 0 Å². The lowest BCUT2D eigenvalue weighted by molar-refractivity contribution is 0.170. The van der Waals surface area contributed by atoms with E-state index in [0.29, 0.717) is 25.8 Å². The van der Waals surface area contributed by atoms with Gasteiger partial charge in [0.25, 0.3) is 0 Å². The van der Waals surface area contributed by atoms with Crippen molar-refractivity contribution in [1.29, 1.82) is 0 Å². The molecule has 1 aliphatic carbocycles. The maximum absolute atomic E-state index is 5.65. The number of benzene rings is 1. The van der Waals surface area contributed by atoms with E-state index in [1.807, 2.05) is 12.1 Å². The van der Waals surface area contributed by atoms with Gasteiger partial charge in [0.15, 0.2) is 17.5 Å². The predicted molar refractivity (Wildman–Crippen MR) is 106 cm³/mol. The number of hydrogen-bond donors (Lipinski definition) is 2. The number of guanidine groups is 1. The highest BCUT2D eigenvalue weighted by Gasteiger charge is 2.33. The van der Waals surface area contributed by atoms with Crippen LogP contribution in [0.25, 0.3) is 0 Å². The van der Waals surface area contributed by atoms with Gasteiger partial charge in [0.2, 0.25) is 0 Å². The van der Waals surface area contributed by atoms with Gasteiger partial charge in [-0.1, -0.05) is 6.92 Å². The number of rotatable bonds is 4. The molecule has 1 heterocycles. The quantitative estimate of drug-likeness (QED) is 0.382. The van der Waals surface area contributed by atoms with Crippen LogP contribution in [0, 0.1) is 5.92 Å². The Labute approximate surface area is 162 Å². The maximum Gasteiger partial charge on any atom is 0.191 e. The molecule has 128 valence electrons. The Hall–Kier alpha value is -0.700. The third-order valence-electron chi connectivity index (χ3n) is 3.85. The van der Waals surface area contributed by atoms with E-state index in [0.717, 1.165) is 40.0 Å². The van der Waals surface area contributed by atoms with Crippen LogP contribution in [0.5, 0.6) is 11.5 Å². The van der Waals surface area contributed by atoms with Gasteiger partial charge >= 0.3 is 0 Å². The molecular weight excluding hydrogens is 473 g/mol. The van der Waals surface area contributed by atoms with Crippen molar-refractivity contribution in [2.75, 3.05) is 19.8 Å². The Morgan fingerprint density at radius 1 is 1.35 bits per heavy atom. The number of nitrogens with zero attached hydrogens (tertiary/aromatic N) is 1. The van der Waals surface area contributed by atoms with Crippen molar-refractivity contribution >= 4 is 45.9 Å². The number of ether oxygens (including phenoxy) is 2. The van der Waals surface area contributed by atoms with Crippen molar-refractivity contribution in [1.82, 2.24) is 10.6 Å². The van der Waals surface area contributed by atoms with Gasteiger partial charge in [0.05, 0.1) is 11.0 Å². The molecule has 0 amide bonds. The van der Waals surface area contributed by atoms with Gasteiger partial charge in [-0.15, -0.1) is 24.0 Å². The van der Waals surface area contributed by atoms with Crippen LogP contribution in [0.4, 0.5) is 0 Å². The average Bonchev–Trinajstić information content (AvgIpc) is 3.20. The molecule has 1 saturated carbocycles. The number of fused-ring (bicyclic) bond motifs is 1. The van der Waals surface area contributed by atoms with Crippen LogP contribution in [0.15, 0.2) is 21.6 Å². The van der Waals surface area contributed by atoms with Crippen molar-refractivity contribution in [3.8, 4) is 11.5 Å². The second-order valence-corrected chi connectivity index (χ2v) is 6.62. The Morgan fingerprint density at radius 2 is 2.09 bits per heavy atom. The van der Waals surface area contributed by atoms with Crippen LogP contribution >= 0.6 is 39.9 Å². The van der Waals surface area contributed by atoms with Gasteiger partial charge in [-0.25, -0.2) is 4.99 Å². The summed E-state index contributed by atoms with van der Waals surface area (Å²) in [7, 11) is 0. The van der Waals surface area contributed by atoms with Crippen molar-refractivity contribution in [3.05, 3.63) is 22.2 Å². The summed E-state index contributed by atoms with van der Waals surface area (Å²) >= 11 is 3.54. The van der Waals surface area contributed by atoms with Crippen LogP contribution in [-0.2, 0) is 6.54 Å². The van der Waals surface area contributed by atoms with E-state index in [1.165, 1.54) is 6.42 Å². The molecule has 0 bridgehead atoms. The highest BCUT2D eigenvalue weighted by Crippen LogP contribution is 2.38. The molecule has 7 heteroatoms. The van der Waals surface area contributed by atoms with Crippen LogP contribution in [0.3, 0.4) is 0 Å². The number of halogens is 2. The fourth-order valence-corrected chi connectivity index (χ4v) is 3.05. The van der Waals surface area contributed by atoms with Crippen molar-refractivity contribution in [2.24, 2.45) is 10.9 Å². The lowest BCUT2D eigenvalue weighted by Crippen LogP contribution is -2.39. The van der Waals surface area contributed by atoms with Crippen LogP contribution in [0.1, 0.15) is 25.8 Å². The topological polar surface area (TPSA) is 54.9 Å². The van der Waals surface area contributed by atoms with E-state index in [9.17, 15) is 0 Å². The zero-order valence-electron chi connectivity index (χ0n) is 13.4. The number of aliphatic imine (C=N–C) groups is 1. The Morgan fingerprint density at radius 3 is 2.78 bits per heavy atom. The minimum absolute atomic E-state index is 0. The fraction of sp³-hybridized carbons (Fsp3) is 0.562. The molecule has 1 aromatic rings. The minimum atomic E-state index is 0. The molecule has 2 atom stereocenters. The molecule has 0 radical (unpaired) electrons. The molecular formula is C16H23BrIN3O2. The SMILES string of the molecule is CCNC(=NCc1cc(Br)c2c(c1)OCCO2)NC1CC1C.I. The van der Waals surface area contributed by atoms with Crippen LogP contribution < -0.4 is 20.1 Å². The standard InChI is InChI=1S/C16H22BrN3O2.HI/c1-3-18-16(20-13-6-10(13)2)19-9-11-7-12(17)15-14(8-11)21-4-5-22-15;/h7-8,10,13H,3-6,9H2,1-2H3,(H2,18,19,20);1H. The molecule has 0 saturated heterocycles. The summed E-state index contributed by atoms with van der Waals surface area (Å²) in [6.45, 7) is 6.98. The summed E-state index contributed by atoms with van der Waals surface area (Å²) < 4.78 is 12.2. The Balaban J connectivity index is 0.00000192. The second-order valence-electron chi connectivity index (χ2n) is 5.76. The summed E-state index contributed by atoms with van der Waals surface area (Å²) in [5.41, 5.74) is 1.09. The largest absolute Gasteiger partial charge is 0.486 e. The van der Waals surface area contributed by atoms with Crippen molar-refractivity contribution < 1.29 is 9.47 Å². The third-order valence-corrected chi connectivity index (χ3v) is 4.44. The lowest BCUT2D eigenvalue weighted by atomic mass is 10.2. The second kappa shape index (κ2) is 8.41. The first kappa shape index (κ1) is 18.6. The van der Waals surface area contributed by atoms with E-state index >= 15 is 0 Å². The average molecular weight is 496 g/mol. The van der Waals surface area contributed by atoms with Gasteiger partial charge in [-0.3, -0.25) is 0 Å². The highest BCUT2D eigenvalue weighted by atomic mass is 127. The van der Waals surface area contributed by atoms with Gasteiger partial charge in [0, 0.05) is 12.6 Å². The van der Waals surface area contributed by atoms with E-state index in [1.54, 1.807) is 0 Å². The summed E-state index contributed by atoms with van der Waals surface area (Å²) in [6, 6.07) is 4.61. The van der Waals surface area contributed by atoms with Crippen LogP contribution in [-0.4, -0.2) is 31.8 Å². The van der Waals surface area contributed by atoms with Gasteiger partial charge in [-0.2, -0.15) is 0 Å². The molecule has 23 heavy (non-hydrogen) atoms. The first-order valence-corrected chi connectivity index (χ1v) is 8.59. The smallest absolute Gasteiger partial charge is 0.191 e. The molecule has 1 aromatic carbocycles. The van der Waals surface area contributed by atoms with E-state index in [-0.39, 0.29) is 24.0 Å². The van der Waals surface area contributed by atoms with Gasteiger partial charge in [-0.05, 0) is 52.9 Å². The maximum atomic E-state index is 5.65. The fourth-order valence-electron chi connectivity index (χ4n) is 2.44. The zero-order valence-corrected chi connectivity index (χ0v) is 17.3. The monoisotopic (exact) mass is 495 g/mol. The van der Waals surface area contributed by atoms with E-state index < -0.39 is 0 Å². The minimum Gasteiger partial charge on any atom is -0.486 e. The summed E-state index contributed by atoms with van der Waals surface area (Å²) in [5.74, 6) is 3.20. The van der Waals surface area contributed by atoms with E-state index in [4.69, 9.17) is 9.47 Å². The first-order valence-electron chi connectivity index (χ1n) is 7.80. The molecule has 1 fully saturated rings. The summed E-state index contributed by atoms with van der Waals surface area (Å²) in [5, 5.41) is 6.75. The lowest BCUT2D eigenvalue weighted by Gasteiger charge is -2.20. The zero-order chi connectivity index (χ0) is 15.5. The Bertz CT molecular complexity index is 583. The molecule has 2 unspecified atom stereocenters. The molecule has 2 N–H and O–H groups in total. The van der Waals surface area contributed by atoms with E-state index in [2.05, 4.69) is 45.4 Å². The molecule has 1 aliphatic heterocycles. The third kappa shape index (κ3) is 4.89. The Kier molecular flexibility index (Phi) is 6.82. The first-order chi connectivity index (χ1) is 10.7. The van der Waals surface area contributed by atoms with Gasteiger partial charge in [0.1, 0.15) is 13.2 Å². The number of nitrogens with one attached hydrogen (secondary N) is 2. The normalized spacial score (nSPS) is 22.1. The van der Waals surface area contributed by atoms with Crippen molar-refractivity contribution in [2.45, 2.75) is 32.9 Å². The molecule has 0 spiro atoms. The van der Waals surface area contributed by atoms with Crippen LogP contribution in [0.2, 0.25) is 0 Å². The molecule has 2 aliphatic rings. The predicted octanol–water partition coefficient (Wildman–Crippen LogP) is 3.30. The van der Waals surface area contributed by atoms with Gasteiger partial charge < -0.3 is 20.1 Å².